The molecule has 1 saturated heterocycles. The maximum absolute atomic E-state index is 13.2. The molecule has 0 N–H and O–H groups in total. The van der Waals surface area contributed by atoms with E-state index in [0.29, 0.717) is 58.5 Å². The summed E-state index contributed by atoms with van der Waals surface area (Å²) in [6, 6.07) is 5.89. The van der Waals surface area contributed by atoms with Gasteiger partial charge in [-0.15, -0.1) is 0 Å². The lowest BCUT2D eigenvalue weighted by Crippen LogP contribution is -2.38. The van der Waals surface area contributed by atoms with Crippen LogP contribution in [-0.4, -0.2) is 52.1 Å². The lowest BCUT2D eigenvalue weighted by Gasteiger charge is -2.27. The molecule has 0 saturated carbocycles. The van der Waals surface area contributed by atoms with Crippen LogP contribution < -0.4 is 0 Å². The molecule has 2 aliphatic heterocycles. The molecule has 0 spiro atoms. The van der Waals surface area contributed by atoms with Crippen molar-refractivity contribution in [2.45, 2.75) is 6.92 Å². The maximum atomic E-state index is 13.2. The van der Waals surface area contributed by atoms with E-state index in [9.17, 15) is 9.18 Å². The molecule has 2 aromatic rings. The number of aryl methyl sites for hydroxylation is 1. The lowest BCUT2D eigenvalue weighted by molar-refractivity contribution is -0.113. The minimum atomic E-state index is -0.332. The summed E-state index contributed by atoms with van der Waals surface area (Å²) < 4.78 is 20.0. The average Bonchev–Trinajstić information content (AvgIpc) is 3.18. The van der Waals surface area contributed by atoms with Gasteiger partial charge in [0.2, 0.25) is 0 Å². The van der Waals surface area contributed by atoms with Crippen LogP contribution in [0.1, 0.15) is 11.3 Å². The summed E-state index contributed by atoms with van der Waals surface area (Å²) in [6.07, 6.45) is 1.72. The van der Waals surface area contributed by atoms with Crippen molar-refractivity contribution < 1.29 is 13.9 Å². The fourth-order valence-electron chi connectivity index (χ4n) is 2.85. The number of aromatic nitrogens is 2. The van der Waals surface area contributed by atoms with Gasteiger partial charge in [0.25, 0.3) is 5.91 Å². The molecular weight excluding hydrogens is 391 g/mol. The van der Waals surface area contributed by atoms with Gasteiger partial charge in [-0.25, -0.2) is 9.07 Å². The SMILES string of the molecule is Cc1nn(-c2ccc(F)cc2)c(Cl)c1/C=C1\SC(N2CCOCC2)=NC1=O. The van der Waals surface area contributed by atoms with Crippen molar-refractivity contribution in [3.8, 4) is 5.69 Å². The number of morpholine rings is 1. The Morgan fingerprint density at radius 1 is 1.26 bits per heavy atom. The Labute approximate surface area is 164 Å². The number of carbonyl (C=O) groups is 1. The molecule has 2 aliphatic rings. The summed E-state index contributed by atoms with van der Waals surface area (Å²) >= 11 is 7.82. The van der Waals surface area contributed by atoms with Crippen LogP contribution >= 0.6 is 23.4 Å². The van der Waals surface area contributed by atoms with Crippen LogP contribution in [0, 0.1) is 12.7 Å². The minimum Gasteiger partial charge on any atom is -0.378 e. The van der Waals surface area contributed by atoms with E-state index in [4.69, 9.17) is 16.3 Å². The number of rotatable bonds is 2. The van der Waals surface area contributed by atoms with E-state index in [1.165, 1.54) is 28.6 Å². The summed E-state index contributed by atoms with van der Waals surface area (Å²) in [4.78, 5) is 19.0. The number of hydrogen-bond acceptors (Lipinski definition) is 5. The smallest absolute Gasteiger partial charge is 0.286 e. The third kappa shape index (κ3) is 3.65. The molecule has 3 heterocycles. The van der Waals surface area contributed by atoms with Gasteiger partial charge in [-0.2, -0.15) is 10.1 Å². The molecule has 0 unspecified atom stereocenters. The predicted octanol–water partition coefficient (Wildman–Crippen LogP) is 3.28. The molecule has 0 atom stereocenters. The first-order valence-electron chi connectivity index (χ1n) is 8.39. The first-order valence-corrected chi connectivity index (χ1v) is 9.58. The quantitative estimate of drug-likeness (QED) is 0.716. The van der Waals surface area contributed by atoms with Gasteiger partial charge in [0.05, 0.1) is 29.5 Å². The standard InChI is InChI=1S/C18H16ClFN4O2S/c1-11-14(16(19)24(22-11)13-4-2-12(20)3-5-13)10-15-17(25)21-18(27-15)23-6-8-26-9-7-23/h2-5,10H,6-9H2,1H3/b15-10-. The summed E-state index contributed by atoms with van der Waals surface area (Å²) in [5.74, 6) is -0.617. The fourth-order valence-corrected chi connectivity index (χ4v) is 4.12. The van der Waals surface area contributed by atoms with Crippen LogP contribution in [0.5, 0.6) is 0 Å². The molecular formula is C18H16ClFN4O2S. The number of hydrogen-bond donors (Lipinski definition) is 0. The van der Waals surface area contributed by atoms with Gasteiger partial charge in [0.15, 0.2) is 5.17 Å². The lowest BCUT2D eigenvalue weighted by atomic mass is 10.2. The Balaban J connectivity index is 1.61. The van der Waals surface area contributed by atoms with E-state index in [2.05, 4.69) is 10.1 Å². The summed E-state index contributed by atoms with van der Waals surface area (Å²) in [6.45, 7) is 4.50. The molecule has 6 nitrogen and oxygen atoms in total. The second-order valence-corrected chi connectivity index (χ2v) is 7.45. The topological polar surface area (TPSA) is 59.7 Å². The van der Waals surface area contributed by atoms with Gasteiger partial charge in [0, 0.05) is 18.7 Å². The number of thioether (sulfide) groups is 1. The number of aliphatic imine (C=N–C) groups is 1. The average molecular weight is 407 g/mol. The van der Waals surface area contributed by atoms with E-state index >= 15 is 0 Å². The molecule has 1 aromatic heterocycles. The van der Waals surface area contributed by atoms with E-state index in [0.717, 1.165) is 0 Å². The molecule has 0 aliphatic carbocycles. The normalized spacial score (nSPS) is 19.1. The summed E-state index contributed by atoms with van der Waals surface area (Å²) in [5, 5.41) is 5.47. The number of amides is 1. The molecule has 4 rings (SSSR count). The Morgan fingerprint density at radius 2 is 1.96 bits per heavy atom. The van der Waals surface area contributed by atoms with Crippen molar-refractivity contribution in [2.75, 3.05) is 26.3 Å². The predicted molar refractivity (Wildman–Crippen MR) is 104 cm³/mol. The van der Waals surface area contributed by atoms with Crippen molar-refractivity contribution in [1.82, 2.24) is 14.7 Å². The number of ether oxygens (including phenoxy) is 1. The Bertz CT molecular complexity index is 949. The van der Waals surface area contributed by atoms with Crippen LogP contribution in [0.2, 0.25) is 5.15 Å². The van der Waals surface area contributed by atoms with E-state index < -0.39 is 0 Å². The monoisotopic (exact) mass is 406 g/mol. The summed E-state index contributed by atoms with van der Waals surface area (Å²) in [5.41, 5.74) is 1.96. The van der Waals surface area contributed by atoms with Crippen LogP contribution in [0.25, 0.3) is 11.8 Å². The second kappa shape index (κ2) is 7.46. The highest BCUT2D eigenvalue weighted by molar-refractivity contribution is 8.18. The van der Waals surface area contributed by atoms with Gasteiger partial charge in [-0.05, 0) is 49.0 Å². The molecule has 0 bridgehead atoms. The number of amidine groups is 1. The zero-order valence-electron chi connectivity index (χ0n) is 14.5. The fraction of sp³-hybridized carbons (Fsp3) is 0.278. The molecule has 27 heavy (non-hydrogen) atoms. The first kappa shape index (κ1) is 18.2. The number of halogens is 2. The third-order valence-electron chi connectivity index (χ3n) is 4.29. The maximum Gasteiger partial charge on any atom is 0.286 e. The zero-order chi connectivity index (χ0) is 19.0. The highest BCUT2D eigenvalue weighted by Gasteiger charge is 2.28. The second-order valence-electron chi connectivity index (χ2n) is 6.09. The third-order valence-corrected chi connectivity index (χ3v) is 5.69. The van der Waals surface area contributed by atoms with Crippen LogP contribution in [0.15, 0.2) is 34.2 Å². The largest absolute Gasteiger partial charge is 0.378 e. The first-order chi connectivity index (χ1) is 13.0. The van der Waals surface area contributed by atoms with Crippen molar-refractivity contribution in [1.29, 1.82) is 0 Å². The Kier molecular flexibility index (Phi) is 5.03. The zero-order valence-corrected chi connectivity index (χ0v) is 16.1. The number of benzene rings is 1. The Hall–Kier alpha value is -2.16. The summed E-state index contributed by atoms with van der Waals surface area (Å²) in [7, 11) is 0. The molecule has 1 amide bonds. The van der Waals surface area contributed by atoms with E-state index in [1.54, 1.807) is 18.2 Å². The van der Waals surface area contributed by atoms with E-state index in [-0.39, 0.29) is 11.7 Å². The highest BCUT2D eigenvalue weighted by Crippen LogP contribution is 2.33. The highest BCUT2D eigenvalue weighted by atomic mass is 35.5. The molecule has 140 valence electrons. The van der Waals surface area contributed by atoms with Crippen molar-refractivity contribution in [3.05, 3.63) is 51.4 Å². The van der Waals surface area contributed by atoms with Gasteiger partial charge >= 0.3 is 0 Å². The molecule has 1 aromatic carbocycles. The van der Waals surface area contributed by atoms with Crippen molar-refractivity contribution >= 4 is 40.5 Å². The van der Waals surface area contributed by atoms with Crippen LogP contribution in [-0.2, 0) is 9.53 Å². The van der Waals surface area contributed by atoms with Gasteiger partial charge < -0.3 is 9.64 Å². The van der Waals surface area contributed by atoms with Gasteiger partial charge in [0.1, 0.15) is 11.0 Å². The van der Waals surface area contributed by atoms with Gasteiger partial charge in [-0.3, -0.25) is 4.79 Å². The van der Waals surface area contributed by atoms with Crippen LogP contribution in [0.4, 0.5) is 4.39 Å². The molecule has 1 fully saturated rings. The number of nitrogens with zero attached hydrogens (tertiary/aromatic N) is 4. The van der Waals surface area contributed by atoms with Crippen molar-refractivity contribution in [3.63, 3.8) is 0 Å². The van der Waals surface area contributed by atoms with Crippen molar-refractivity contribution in [2.24, 2.45) is 4.99 Å². The van der Waals surface area contributed by atoms with E-state index in [1.807, 2.05) is 11.8 Å². The Morgan fingerprint density at radius 3 is 2.67 bits per heavy atom. The van der Waals surface area contributed by atoms with Crippen LogP contribution in [0.3, 0.4) is 0 Å². The number of carbonyl (C=O) groups excluding carboxylic acids is 1. The molecule has 0 radical (unpaired) electrons. The minimum absolute atomic E-state index is 0.286. The molecule has 9 heteroatoms. The van der Waals surface area contributed by atoms with Gasteiger partial charge in [-0.1, -0.05) is 11.6 Å².